The molecule has 19 heavy (non-hydrogen) atoms. The standard InChI is InChI=1S/C14H17N.H3NO2S/c1-10-8-9-13-12(11(10)2)6-5-7-14(13)15(3)4;1-4(2)3/h5-9H,1-4H3;1H2,(H,2,3)/p-1. The lowest BCUT2D eigenvalue weighted by atomic mass is 9.99. The van der Waals surface area contributed by atoms with E-state index in [0.717, 1.165) is 0 Å². The monoisotopic (exact) mass is 279 g/mol. The second-order valence-electron chi connectivity index (χ2n) is 4.53. The van der Waals surface area contributed by atoms with Crippen LogP contribution >= 0.6 is 0 Å². The zero-order valence-electron chi connectivity index (χ0n) is 11.6. The van der Waals surface area contributed by atoms with Gasteiger partial charge in [0.2, 0.25) is 0 Å². The maximum absolute atomic E-state index is 8.78. The van der Waals surface area contributed by atoms with Crippen LogP contribution in [-0.2, 0) is 11.3 Å². The first kappa shape index (κ1) is 15.6. The van der Waals surface area contributed by atoms with Crippen LogP contribution in [0.15, 0.2) is 30.3 Å². The van der Waals surface area contributed by atoms with Gasteiger partial charge in [-0.15, -0.1) is 0 Å². The zero-order chi connectivity index (χ0) is 14.6. The third-order valence-electron chi connectivity index (χ3n) is 3.06. The van der Waals surface area contributed by atoms with E-state index in [-0.39, 0.29) is 0 Å². The molecule has 2 N–H and O–H groups in total. The molecule has 0 aromatic heterocycles. The summed E-state index contributed by atoms with van der Waals surface area (Å²) in [7, 11) is 4.17. The number of benzene rings is 2. The van der Waals surface area contributed by atoms with Gasteiger partial charge in [-0.25, -0.2) is 0 Å². The third-order valence-corrected chi connectivity index (χ3v) is 3.06. The van der Waals surface area contributed by atoms with E-state index in [1.165, 1.54) is 27.6 Å². The number of hydrogen-bond acceptors (Lipinski definition) is 3. The third kappa shape index (κ3) is 4.02. The minimum Gasteiger partial charge on any atom is -0.760 e. The quantitative estimate of drug-likeness (QED) is 0.814. The molecule has 2 aromatic rings. The van der Waals surface area contributed by atoms with Crippen LogP contribution in [0.1, 0.15) is 11.1 Å². The number of rotatable bonds is 1. The van der Waals surface area contributed by atoms with Crippen molar-refractivity contribution in [1.82, 2.24) is 0 Å². The van der Waals surface area contributed by atoms with Crippen LogP contribution < -0.4 is 10.0 Å². The van der Waals surface area contributed by atoms with Crippen molar-refractivity contribution < 1.29 is 8.76 Å². The first-order valence-electron chi connectivity index (χ1n) is 5.84. The Balaban J connectivity index is 0.000000399. The molecule has 0 fully saturated rings. The summed E-state index contributed by atoms with van der Waals surface area (Å²) in [5.41, 5.74) is 4.03. The summed E-state index contributed by atoms with van der Waals surface area (Å²) in [6.07, 6.45) is 0. The number of nitrogens with two attached hydrogens (primary N) is 1. The van der Waals surface area contributed by atoms with Crippen molar-refractivity contribution >= 4 is 27.7 Å². The molecule has 0 bridgehead atoms. The Morgan fingerprint density at radius 2 is 1.68 bits per heavy atom. The van der Waals surface area contributed by atoms with Crippen LogP contribution in [0.25, 0.3) is 10.8 Å². The maximum Gasteiger partial charge on any atom is 0.0440 e. The van der Waals surface area contributed by atoms with Gasteiger partial charge >= 0.3 is 0 Å². The Bertz CT molecular complexity index is 593. The number of fused-ring (bicyclic) bond motifs is 1. The lowest BCUT2D eigenvalue weighted by molar-refractivity contribution is 0.539. The van der Waals surface area contributed by atoms with Gasteiger partial charge in [0.15, 0.2) is 0 Å². The molecular formula is C14H19N2O2S-. The molecule has 0 aliphatic rings. The summed E-state index contributed by atoms with van der Waals surface area (Å²) in [5, 5.41) is 6.73. The van der Waals surface area contributed by atoms with Gasteiger partial charge in [0, 0.05) is 36.4 Å². The van der Waals surface area contributed by atoms with Gasteiger partial charge in [0.05, 0.1) is 0 Å². The fourth-order valence-corrected chi connectivity index (χ4v) is 1.99. The lowest BCUT2D eigenvalue weighted by Crippen LogP contribution is -2.09. The minimum absolute atomic E-state index is 1.29. The Labute approximate surface area is 116 Å². The topological polar surface area (TPSA) is 69.4 Å². The average molecular weight is 279 g/mol. The van der Waals surface area contributed by atoms with Crippen LogP contribution in [0, 0.1) is 13.8 Å². The van der Waals surface area contributed by atoms with Gasteiger partial charge < -0.3 is 9.45 Å². The summed E-state index contributed by atoms with van der Waals surface area (Å²) >= 11 is -2.36. The summed E-state index contributed by atoms with van der Waals surface area (Å²) < 4.78 is 17.6. The summed E-state index contributed by atoms with van der Waals surface area (Å²) in [6, 6.07) is 10.9. The van der Waals surface area contributed by atoms with Gasteiger partial charge in [-0.05, 0) is 36.4 Å². The predicted molar refractivity (Wildman–Crippen MR) is 80.9 cm³/mol. The second kappa shape index (κ2) is 6.65. The van der Waals surface area contributed by atoms with Crippen molar-refractivity contribution in [2.45, 2.75) is 13.8 Å². The largest absolute Gasteiger partial charge is 0.760 e. The first-order valence-corrected chi connectivity index (χ1v) is 6.98. The van der Waals surface area contributed by atoms with Crippen molar-refractivity contribution in [2.75, 3.05) is 19.0 Å². The highest BCUT2D eigenvalue weighted by molar-refractivity contribution is 7.76. The van der Waals surface area contributed by atoms with Crippen molar-refractivity contribution in [3.05, 3.63) is 41.5 Å². The predicted octanol–water partition coefficient (Wildman–Crippen LogP) is 2.26. The minimum atomic E-state index is -2.36. The second-order valence-corrected chi connectivity index (χ2v) is 5.06. The van der Waals surface area contributed by atoms with E-state index in [1.807, 2.05) is 0 Å². The molecule has 0 saturated heterocycles. The molecule has 1 atom stereocenters. The van der Waals surface area contributed by atoms with Crippen LogP contribution in [0.2, 0.25) is 0 Å². The summed E-state index contributed by atoms with van der Waals surface area (Å²) in [4.78, 5) is 2.16. The van der Waals surface area contributed by atoms with Crippen LogP contribution in [0.3, 0.4) is 0 Å². The molecule has 0 aliphatic carbocycles. The normalized spacial score (nSPS) is 11.7. The molecule has 5 heteroatoms. The highest BCUT2D eigenvalue weighted by atomic mass is 32.2. The van der Waals surface area contributed by atoms with Gasteiger partial charge in [-0.1, -0.05) is 24.3 Å². The fourth-order valence-electron chi connectivity index (χ4n) is 1.99. The van der Waals surface area contributed by atoms with Crippen LogP contribution in [0.4, 0.5) is 5.69 Å². The SMILES string of the molecule is Cc1ccc2c(N(C)C)cccc2c1C.NS(=O)[O-]. The molecule has 0 radical (unpaired) electrons. The van der Waals surface area contributed by atoms with E-state index in [2.05, 4.69) is 68.3 Å². The molecule has 0 amide bonds. The summed E-state index contributed by atoms with van der Waals surface area (Å²) in [5.74, 6) is 0. The molecule has 4 nitrogen and oxygen atoms in total. The highest BCUT2D eigenvalue weighted by Gasteiger charge is 2.05. The molecule has 2 aromatic carbocycles. The van der Waals surface area contributed by atoms with Crippen LogP contribution in [0.5, 0.6) is 0 Å². The van der Waals surface area contributed by atoms with E-state index in [4.69, 9.17) is 8.76 Å². The van der Waals surface area contributed by atoms with Gasteiger partial charge in [-0.2, -0.15) is 0 Å². The van der Waals surface area contributed by atoms with Gasteiger partial charge in [0.1, 0.15) is 0 Å². The van der Waals surface area contributed by atoms with E-state index >= 15 is 0 Å². The number of anilines is 1. The average Bonchev–Trinajstić information content (AvgIpc) is 2.32. The Kier molecular flexibility index (Phi) is 5.47. The zero-order valence-corrected chi connectivity index (χ0v) is 12.5. The van der Waals surface area contributed by atoms with Gasteiger partial charge in [0.25, 0.3) is 0 Å². The Morgan fingerprint density at radius 1 is 1.11 bits per heavy atom. The van der Waals surface area contributed by atoms with Crippen LogP contribution in [-0.4, -0.2) is 22.9 Å². The summed E-state index contributed by atoms with van der Waals surface area (Å²) in [6.45, 7) is 4.36. The first-order chi connectivity index (χ1) is 8.84. The van der Waals surface area contributed by atoms with E-state index in [0.29, 0.717) is 0 Å². The lowest BCUT2D eigenvalue weighted by Gasteiger charge is -2.16. The van der Waals surface area contributed by atoms with E-state index in [1.54, 1.807) is 0 Å². The molecular weight excluding hydrogens is 260 g/mol. The molecule has 2 rings (SSSR count). The Hall–Kier alpha value is -1.43. The van der Waals surface area contributed by atoms with E-state index in [9.17, 15) is 0 Å². The Morgan fingerprint density at radius 3 is 2.21 bits per heavy atom. The fraction of sp³-hybridized carbons (Fsp3) is 0.286. The highest BCUT2D eigenvalue weighted by Crippen LogP contribution is 2.28. The van der Waals surface area contributed by atoms with Crippen molar-refractivity contribution in [1.29, 1.82) is 0 Å². The number of aryl methyl sites for hydroxylation is 2. The molecule has 104 valence electrons. The van der Waals surface area contributed by atoms with Crippen molar-refractivity contribution in [3.8, 4) is 0 Å². The molecule has 1 unspecified atom stereocenters. The van der Waals surface area contributed by atoms with E-state index < -0.39 is 11.3 Å². The molecule has 0 heterocycles. The number of nitrogens with zero attached hydrogens (tertiary/aromatic N) is 1. The van der Waals surface area contributed by atoms with Crippen molar-refractivity contribution in [2.24, 2.45) is 5.14 Å². The molecule has 0 saturated carbocycles. The number of hydrogen-bond donors (Lipinski definition) is 1. The van der Waals surface area contributed by atoms with Gasteiger partial charge in [-0.3, -0.25) is 9.35 Å². The smallest absolute Gasteiger partial charge is 0.0440 e. The van der Waals surface area contributed by atoms with Crippen molar-refractivity contribution in [3.63, 3.8) is 0 Å². The maximum atomic E-state index is 8.78. The molecule has 0 spiro atoms. The molecule has 0 aliphatic heterocycles.